The zero-order valence-electron chi connectivity index (χ0n) is 16.0. The number of aromatic nitrogens is 2. The molecular formula is C19H17ClN4O5S. The minimum atomic E-state index is -3.97. The topological polar surface area (TPSA) is 115 Å². The van der Waals surface area contributed by atoms with Gasteiger partial charge in [0.05, 0.1) is 27.8 Å². The van der Waals surface area contributed by atoms with Crippen LogP contribution in [0, 0.1) is 13.8 Å². The molecule has 30 heavy (non-hydrogen) atoms. The van der Waals surface area contributed by atoms with Gasteiger partial charge in [-0.3, -0.25) is 14.4 Å². The van der Waals surface area contributed by atoms with Crippen LogP contribution in [0.2, 0.25) is 5.02 Å². The molecular weight excluding hydrogens is 432 g/mol. The summed E-state index contributed by atoms with van der Waals surface area (Å²) in [6.45, 7) is 3.34. The van der Waals surface area contributed by atoms with Gasteiger partial charge in [0.1, 0.15) is 5.75 Å². The number of ether oxygens (including phenoxy) is 1. The maximum Gasteiger partial charge on any atom is 0.265 e. The van der Waals surface area contributed by atoms with Gasteiger partial charge in [-0.25, -0.2) is 8.42 Å². The van der Waals surface area contributed by atoms with Crippen LogP contribution < -0.4 is 14.4 Å². The molecule has 1 amide bonds. The van der Waals surface area contributed by atoms with Crippen molar-refractivity contribution in [1.29, 1.82) is 0 Å². The number of hydrogen-bond donors (Lipinski definition) is 1. The van der Waals surface area contributed by atoms with Crippen molar-refractivity contribution in [1.82, 2.24) is 10.1 Å². The molecule has 0 saturated carbocycles. The number of benzene rings is 2. The van der Waals surface area contributed by atoms with Crippen molar-refractivity contribution in [2.75, 3.05) is 16.2 Å². The predicted molar refractivity (Wildman–Crippen MR) is 109 cm³/mol. The third-order valence-electron chi connectivity index (χ3n) is 4.42. The molecule has 0 atom stereocenters. The monoisotopic (exact) mass is 448 g/mol. The largest absolute Gasteiger partial charge is 0.482 e. The minimum Gasteiger partial charge on any atom is -0.482 e. The lowest BCUT2D eigenvalue weighted by Crippen LogP contribution is -2.38. The first-order chi connectivity index (χ1) is 14.2. The van der Waals surface area contributed by atoms with Crippen molar-refractivity contribution < 1.29 is 22.5 Å². The molecule has 9 nitrogen and oxygen atoms in total. The third-order valence-corrected chi connectivity index (χ3v) is 6.10. The van der Waals surface area contributed by atoms with E-state index in [2.05, 4.69) is 14.9 Å². The fourth-order valence-electron chi connectivity index (χ4n) is 2.98. The summed E-state index contributed by atoms with van der Waals surface area (Å²) in [6.07, 6.45) is 0. The van der Waals surface area contributed by atoms with Gasteiger partial charge < -0.3 is 9.26 Å². The predicted octanol–water partition coefficient (Wildman–Crippen LogP) is 3.07. The zero-order valence-corrected chi connectivity index (χ0v) is 17.6. The Kier molecular flexibility index (Phi) is 5.12. The molecule has 11 heteroatoms. The van der Waals surface area contributed by atoms with Crippen LogP contribution in [0.5, 0.6) is 5.75 Å². The number of carbonyl (C=O) groups excluding carboxylic acids is 1. The molecule has 1 aliphatic rings. The van der Waals surface area contributed by atoms with Gasteiger partial charge in [0.2, 0.25) is 5.89 Å². The maximum atomic E-state index is 12.9. The van der Waals surface area contributed by atoms with Crippen molar-refractivity contribution in [2.45, 2.75) is 25.3 Å². The number of nitrogens with one attached hydrogen (secondary N) is 1. The number of nitrogens with zero attached hydrogens (tertiary/aromatic N) is 3. The van der Waals surface area contributed by atoms with E-state index in [0.717, 1.165) is 5.56 Å². The third kappa shape index (κ3) is 3.96. The lowest BCUT2D eigenvalue weighted by atomic mass is 10.2. The maximum absolute atomic E-state index is 12.9. The van der Waals surface area contributed by atoms with Crippen LogP contribution in [0.4, 0.5) is 11.4 Å². The molecule has 0 bridgehead atoms. The summed E-state index contributed by atoms with van der Waals surface area (Å²) in [5, 5.41) is 4.08. The van der Waals surface area contributed by atoms with Crippen molar-refractivity contribution in [3.8, 4) is 5.75 Å². The molecule has 0 radical (unpaired) electrons. The normalized spacial score (nSPS) is 13.7. The first-order valence-corrected chi connectivity index (χ1v) is 10.7. The van der Waals surface area contributed by atoms with Crippen LogP contribution in [-0.4, -0.2) is 31.1 Å². The number of amides is 1. The summed E-state index contributed by atoms with van der Waals surface area (Å²) in [7, 11) is -3.97. The summed E-state index contributed by atoms with van der Waals surface area (Å²) < 4.78 is 38.7. The van der Waals surface area contributed by atoms with Gasteiger partial charge in [0.25, 0.3) is 15.9 Å². The quantitative estimate of drug-likeness (QED) is 0.637. The minimum absolute atomic E-state index is 0.0211. The fraction of sp³-hybridized carbons (Fsp3) is 0.211. The highest BCUT2D eigenvalue weighted by Crippen LogP contribution is 2.36. The standard InChI is InChI=1S/C19H17ClN4O5S/c1-11-3-5-15(14(20)7-11)23-30(26,27)13-4-6-17-16(8-13)24(19(25)10-28-17)9-18-21-12(2)29-22-18/h3-8,23H,9-10H2,1-2H3. The summed E-state index contributed by atoms with van der Waals surface area (Å²) in [4.78, 5) is 17.8. The molecule has 1 N–H and O–H groups in total. The molecule has 3 aromatic rings. The molecule has 0 unspecified atom stereocenters. The number of aryl methyl sites for hydroxylation is 2. The van der Waals surface area contributed by atoms with E-state index >= 15 is 0 Å². The van der Waals surface area contributed by atoms with Crippen LogP contribution in [0.3, 0.4) is 0 Å². The Labute approximate surface area is 177 Å². The Morgan fingerprint density at radius 1 is 1.20 bits per heavy atom. The molecule has 4 rings (SSSR count). The van der Waals surface area contributed by atoms with E-state index < -0.39 is 10.0 Å². The van der Waals surface area contributed by atoms with Gasteiger partial charge >= 0.3 is 0 Å². The van der Waals surface area contributed by atoms with Gasteiger partial charge in [0.15, 0.2) is 12.4 Å². The number of sulfonamides is 1. The highest BCUT2D eigenvalue weighted by atomic mass is 35.5. The Hall–Kier alpha value is -3.11. The molecule has 0 saturated heterocycles. The van der Waals surface area contributed by atoms with E-state index in [1.54, 1.807) is 25.1 Å². The van der Waals surface area contributed by atoms with Crippen molar-refractivity contribution in [3.05, 3.63) is 58.7 Å². The van der Waals surface area contributed by atoms with Crippen LogP contribution in [0.15, 0.2) is 45.8 Å². The van der Waals surface area contributed by atoms with Gasteiger partial charge in [-0.05, 0) is 42.8 Å². The number of rotatable bonds is 5. The van der Waals surface area contributed by atoms with Crippen molar-refractivity contribution >= 4 is 38.9 Å². The molecule has 2 heterocycles. The molecule has 0 aliphatic carbocycles. The van der Waals surface area contributed by atoms with Crippen LogP contribution in [-0.2, 0) is 21.4 Å². The van der Waals surface area contributed by atoms with E-state index in [0.29, 0.717) is 23.2 Å². The zero-order chi connectivity index (χ0) is 21.5. The van der Waals surface area contributed by atoms with Crippen LogP contribution >= 0.6 is 11.6 Å². The number of halogens is 1. The van der Waals surface area contributed by atoms with Gasteiger partial charge in [0, 0.05) is 6.92 Å². The second-order valence-electron chi connectivity index (χ2n) is 6.72. The lowest BCUT2D eigenvalue weighted by molar-refractivity contribution is -0.121. The Morgan fingerprint density at radius 2 is 2.00 bits per heavy atom. The highest BCUT2D eigenvalue weighted by Gasteiger charge is 2.29. The van der Waals surface area contributed by atoms with Crippen molar-refractivity contribution in [3.63, 3.8) is 0 Å². The smallest absolute Gasteiger partial charge is 0.265 e. The van der Waals surface area contributed by atoms with Gasteiger partial charge in [-0.15, -0.1) is 0 Å². The molecule has 2 aromatic carbocycles. The Bertz CT molecular complexity index is 1240. The van der Waals surface area contributed by atoms with E-state index in [1.807, 2.05) is 6.92 Å². The molecule has 0 spiro atoms. The van der Waals surface area contributed by atoms with E-state index in [1.165, 1.54) is 23.1 Å². The molecule has 1 aliphatic heterocycles. The van der Waals surface area contributed by atoms with Gasteiger partial charge in [-0.1, -0.05) is 22.8 Å². The summed E-state index contributed by atoms with van der Waals surface area (Å²) in [6, 6.07) is 9.26. The molecule has 0 fully saturated rings. The highest BCUT2D eigenvalue weighted by molar-refractivity contribution is 7.92. The first-order valence-electron chi connectivity index (χ1n) is 8.88. The number of anilines is 2. The Balaban J connectivity index is 1.68. The average molecular weight is 449 g/mol. The SMILES string of the molecule is Cc1ccc(NS(=O)(=O)c2ccc3c(c2)N(Cc2noc(C)n2)C(=O)CO3)c(Cl)c1. The van der Waals surface area contributed by atoms with Gasteiger partial charge in [-0.2, -0.15) is 4.98 Å². The van der Waals surface area contributed by atoms with E-state index in [-0.39, 0.29) is 34.7 Å². The van der Waals surface area contributed by atoms with Crippen LogP contribution in [0.25, 0.3) is 0 Å². The van der Waals surface area contributed by atoms with E-state index in [9.17, 15) is 13.2 Å². The van der Waals surface area contributed by atoms with Crippen molar-refractivity contribution in [2.24, 2.45) is 0 Å². The first kappa shape index (κ1) is 20.2. The lowest BCUT2D eigenvalue weighted by Gasteiger charge is -2.28. The molecule has 156 valence electrons. The number of hydrogen-bond acceptors (Lipinski definition) is 7. The van der Waals surface area contributed by atoms with Crippen LogP contribution in [0.1, 0.15) is 17.3 Å². The molecule has 1 aromatic heterocycles. The average Bonchev–Trinajstić information content (AvgIpc) is 3.11. The number of fused-ring (bicyclic) bond motifs is 1. The second-order valence-corrected chi connectivity index (χ2v) is 8.81. The van der Waals surface area contributed by atoms with E-state index in [4.69, 9.17) is 20.9 Å². The second kappa shape index (κ2) is 7.62. The fourth-order valence-corrected chi connectivity index (χ4v) is 4.41. The summed E-state index contributed by atoms with van der Waals surface area (Å²) >= 11 is 6.15. The summed E-state index contributed by atoms with van der Waals surface area (Å²) in [5.74, 6) is 0.684. The number of carbonyl (C=O) groups is 1. The Morgan fingerprint density at radius 3 is 2.70 bits per heavy atom. The summed E-state index contributed by atoms with van der Waals surface area (Å²) in [5.41, 5.74) is 1.46.